The quantitative estimate of drug-likeness (QED) is 0.874. The van der Waals surface area contributed by atoms with Gasteiger partial charge in [-0.15, -0.1) is 0 Å². The molecule has 1 rings (SSSR count). The summed E-state index contributed by atoms with van der Waals surface area (Å²) in [6, 6.07) is 5.53. The zero-order valence-corrected chi connectivity index (χ0v) is 10.6. The molecule has 0 saturated carbocycles. The predicted molar refractivity (Wildman–Crippen MR) is 66.5 cm³/mol. The van der Waals surface area contributed by atoms with Crippen LogP contribution in [0.4, 0.5) is 0 Å². The second-order valence-electron chi connectivity index (χ2n) is 3.74. The van der Waals surface area contributed by atoms with Gasteiger partial charge in [-0.1, -0.05) is 11.6 Å². The van der Waals surface area contributed by atoms with Gasteiger partial charge in [0.25, 0.3) is 0 Å². The summed E-state index contributed by atoms with van der Waals surface area (Å²) in [7, 11) is 1.53. The first kappa shape index (κ1) is 13.6. The van der Waals surface area contributed by atoms with E-state index in [1.54, 1.807) is 6.07 Å². The van der Waals surface area contributed by atoms with Crippen LogP contribution >= 0.6 is 11.6 Å². The first-order valence-corrected chi connectivity index (χ1v) is 5.58. The van der Waals surface area contributed by atoms with E-state index in [1.165, 1.54) is 7.11 Å². The molecule has 0 fully saturated rings. The molecule has 92 valence electrons. The Morgan fingerprint density at radius 3 is 2.76 bits per heavy atom. The highest BCUT2D eigenvalue weighted by atomic mass is 35.5. The molecule has 17 heavy (non-hydrogen) atoms. The number of halogens is 1. The number of ether oxygens (including phenoxy) is 2. The van der Waals surface area contributed by atoms with Crippen molar-refractivity contribution in [3.8, 4) is 17.6 Å². The fraction of sp³-hybridized carbons (Fsp3) is 0.417. The Bertz CT molecular complexity index is 427. The SMILES string of the molecule is COc1cc(CC(C)N)cc(Cl)c1OCC#N. The highest BCUT2D eigenvalue weighted by Crippen LogP contribution is 2.36. The number of rotatable bonds is 5. The third kappa shape index (κ3) is 3.81. The normalized spacial score (nSPS) is 11.7. The molecule has 0 aliphatic carbocycles. The zero-order chi connectivity index (χ0) is 12.8. The van der Waals surface area contributed by atoms with Crippen LogP contribution in [0.5, 0.6) is 11.5 Å². The van der Waals surface area contributed by atoms with Crippen LogP contribution in [0, 0.1) is 11.3 Å². The fourth-order valence-electron chi connectivity index (χ4n) is 1.51. The summed E-state index contributed by atoms with van der Waals surface area (Å²) in [5, 5.41) is 8.91. The van der Waals surface area contributed by atoms with Gasteiger partial charge in [0.15, 0.2) is 18.1 Å². The molecule has 1 atom stereocenters. The second-order valence-corrected chi connectivity index (χ2v) is 4.14. The van der Waals surface area contributed by atoms with E-state index >= 15 is 0 Å². The number of nitriles is 1. The summed E-state index contributed by atoms with van der Waals surface area (Å²) in [4.78, 5) is 0. The zero-order valence-electron chi connectivity index (χ0n) is 9.87. The standard InChI is InChI=1S/C12H15ClN2O2/c1-8(15)5-9-6-10(13)12(17-4-3-14)11(7-9)16-2/h6-8H,4-5,15H2,1-2H3. The Morgan fingerprint density at radius 2 is 2.24 bits per heavy atom. The van der Waals surface area contributed by atoms with E-state index in [1.807, 2.05) is 19.1 Å². The average Bonchev–Trinajstić information content (AvgIpc) is 2.26. The van der Waals surface area contributed by atoms with Crippen LogP contribution in [-0.4, -0.2) is 19.8 Å². The molecule has 4 nitrogen and oxygen atoms in total. The van der Waals surface area contributed by atoms with Gasteiger partial charge >= 0.3 is 0 Å². The van der Waals surface area contributed by atoms with Crippen LogP contribution in [-0.2, 0) is 6.42 Å². The number of hydrogen-bond acceptors (Lipinski definition) is 4. The first-order valence-electron chi connectivity index (χ1n) is 5.20. The third-order valence-corrected chi connectivity index (χ3v) is 2.41. The number of methoxy groups -OCH3 is 1. The van der Waals surface area contributed by atoms with Crippen molar-refractivity contribution in [3.05, 3.63) is 22.7 Å². The summed E-state index contributed by atoms with van der Waals surface area (Å²) >= 11 is 6.08. The van der Waals surface area contributed by atoms with E-state index < -0.39 is 0 Å². The maximum Gasteiger partial charge on any atom is 0.181 e. The van der Waals surface area contributed by atoms with Crippen molar-refractivity contribution in [1.29, 1.82) is 5.26 Å². The van der Waals surface area contributed by atoms with Gasteiger partial charge in [-0.25, -0.2) is 0 Å². The summed E-state index contributed by atoms with van der Waals surface area (Å²) in [6.07, 6.45) is 0.703. The lowest BCUT2D eigenvalue weighted by Gasteiger charge is -2.13. The van der Waals surface area contributed by atoms with E-state index in [0.717, 1.165) is 5.56 Å². The molecule has 0 heterocycles. The van der Waals surface area contributed by atoms with E-state index in [2.05, 4.69) is 0 Å². The van der Waals surface area contributed by atoms with Crippen LogP contribution in [0.15, 0.2) is 12.1 Å². The van der Waals surface area contributed by atoms with Crippen molar-refractivity contribution in [2.75, 3.05) is 13.7 Å². The lowest BCUT2D eigenvalue weighted by molar-refractivity contribution is 0.329. The maximum absolute atomic E-state index is 8.48. The molecular formula is C12H15ClN2O2. The molecule has 0 saturated heterocycles. The summed E-state index contributed by atoms with van der Waals surface area (Å²) in [5.74, 6) is 0.910. The summed E-state index contributed by atoms with van der Waals surface area (Å²) < 4.78 is 10.4. The van der Waals surface area contributed by atoms with Crippen molar-refractivity contribution in [3.63, 3.8) is 0 Å². The number of hydrogen-bond donors (Lipinski definition) is 1. The molecule has 0 spiro atoms. The maximum atomic E-state index is 8.48. The number of nitrogens with two attached hydrogens (primary N) is 1. The third-order valence-electron chi connectivity index (χ3n) is 2.13. The molecule has 1 unspecified atom stereocenters. The molecule has 0 amide bonds. The van der Waals surface area contributed by atoms with Crippen LogP contribution in [0.2, 0.25) is 5.02 Å². The van der Waals surface area contributed by atoms with Gasteiger partial charge < -0.3 is 15.2 Å². The summed E-state index contributed by atoms with van der Waals surface area (Å²) in [5.41, 5.74) is 6.70. The molecule has 0 bridgehead atoms. The van der Waals surface area contributed by atoms with Gasteiger partial charge in [-0.2, -0.15) is 5.26 Å². The minimum atomic E-state index is -0.0667. The molecule has 1 aromatic rings. The van der Waals surface area contributed by atoms with Crippen molar-refractivity contribution in [2.45, 2.75) is 19.4 Å². The topological polar surface area (TPSA) is 68.3 Å². The average molecular weight is 255 g/mol. The summed E-state index contributed by atoms with van der Waals surface area (Å²) in [6.45, 7) is 1.85. The minimum Gasteiger partial charge on any atom is -0.493 e. The van der Waals surface area contributed by atoms with Crippen molar-refractivity contribution < 1.29 is 9.47 Å². The van der Waals surface area contributed by atoms with Crippen molar-refractivity contribution >= 4 is 11.6 Å². The van der Waals surface area contributed by atoms with Gasteiger partial charge in [0.1, 0.15) is 6.07 Å². The van der Waals surface area contributed by atoms with Gasteiger partial charge in [0.05, 0.1) is 12.1 Å². The Morgan fingerprint density at radius 1 is 1.53 bits per heavy atom. The van der Waals surface area contributed by atoms with E-state index in [-0.39, 0.29) is 12.6 Å². The molecule has 5 heteroatoms. The molecule has 0 aliphatic rings. The Kier molecular flexibility index (Phi) is 5.08. The molecular weight excluding hydrogens is 240 g/mol. The molecule has 1 aromatic carbocycles. The molecule has 2 N–H and O–H groups in total. The van der Waals surface area contributed by atoms with E-state index in [0.29, 0.717) is 22.9 Å². The predicted octanol–water partition coefficient (Wildman–Crippen LogP) is 2.14. The molecule has 0 aromatic heterocycles. The van der Waals surface area contributed by atoms with Crippen LogP contribution < -0.4 is 15.2 Å². The fourth-order valence-corrected chi connectivity index (χ4v) is 1.80. The van der Waals surface area contributed by atoms with Crippen LogP contribution in [0.1, 0.15) is 12.5 Å². The monoisotopic (exact) mass is 254 g/mol. The lowest BCUT2D eigenvalue weighted by atomic mass is 10.1. The van der Waals surface area contributed by atoms with Crippen molar-refractivity contribution in [2.24, 2.45) is 5.73 Å². The van der Waals surface area contributed by atoms with Gasteiger partial charge in [0.2, 0.25) is 0 Å². The highest BCUT2D eigenvalue weighted by Gasteiger charge is 2.12. The van der Waals surface area contributed by atoms with Crippen LogP contribution in [0.3, 0.4) is 0 Å². The van der Waals surface area contributed by atoms with Gasteiger partial charge in [-0.3, -0.25) is 0 Å². The molecule has 0 aliphatic heterocycles. The largest absolute Gasteiger partial charge is 0.493 e. The Labute approximate surface area is 106 Å². The Balaban J connectivity index is 3.03. The highest BCUT2D eigenvalue weighted by molar-refractivity contribution is 6.32. The number of benzene rings is 1. The Hall–Kier alpha value is -1.44. The van der Waals surface area contributed by atoms with Gasteiger partial charge in [0, 0.05) is 6.04 Å². The van der Waals surface area contributed by atoms with Gasteiger partial charge in [-0.05, 0) is 31.0 Å². The lowest BCUT2D eigenvalue weighted by Crippen LogP contribution is -2.17. The first-order chi connectivity index (χ1) is 8.08. The van der Waals surface area contributed by atoms with E-state index in [9.17, 15) is 0 Å². The van der Waals surface area contributed by atoms with E-state index in [4.69, 9.17) is 32.1 Å². The second kappa shape index (κ2) is 6.33. The van der Waals surface area contributed by atoms with Crippen LogP contribution in [0.25, 0.3) is 0 Å². The van der Waals surface area contributed by atoms with Crippen molar-refractivity contribution in [1.82, 2.24) is 0 Å². The smallest absolute Gasteiger partial charge is 0.181 e. The minimum absolute atomic E-state index is 0.0432. The molecule has 0 radical (unpaired) electrons. The number of nitrogens with zero attached hydrogens (tertiary/aromatic N) is 1.